The molecule has 0 radical (unpaired) electrons. The molecule has 2 heterocycles. The molecule has 0 saturated carbocycles. The van der Waals surface area contributed by atoms with Crippen LogP contribution in [0.25, 0.3) is 0 Å². The number of carbonyl (C=O) groups excluding carboxylic acids is 1. The van der Waals surface area contributed by atoms with Crippen LogP contribution in [0.3, 0.4) is 0 Å². The van der Waals surface area contributed by atoms with Crippen LogP contribution in [0.2, 0.25) is 0 Å². The average molecular weight is 169 g/mol. The number of carbonyl (C=O) groups is 1. The predicted octanol–water partition coefficient (Wildman–Crippen LogP) is 0.128. The molecule has 0 aromatic carbocycles. The maximum atomic E-state index is 11.1. The first-order chi connectivity index (χ1) is 5.79. The molecule has 2 rings (SSSR count). The summed E-state index contributed by atoms with van der Waals surface area (Å²) in [5.74, 6) is 0. The number of rotatable bonds is 0. The molecule has 1 amide bonds. The highest BCUT2D eigenvalue weighted by Gasteiger charge is 2.37. The Morgan fingerprint density at radius 3 is 3.33 bits per heavy atom. The van der Waals surface area contributed by atoms with Gasteiger partial charge in [-0.1, -0.05) is 12.2 Å². The summed E-state index contributed by atoms with van der Waals surface area (Å²) in [6, 6.07) is -0.170. The highest BCUT2D eigenvalue weighted by molar-refractivity contribution is 5.70. The second kappa shape index (κ2) is 2.79. The number of amides is 1. The first-order valence-corrected chi connectivity index (χ1v) is 4.07. The van der Waals surface area contributed by atoms with Crippen molar-refractivity contribution in [2.24, 2.45) is 0 Å². The number of nitrogens with zero attached hydrogens (tertiary/aromatic N) is 1. The fourth-order valence-corrected chi connectivity index (χ4v) is 1.58. The molecule has 1 saturated heterocycles. The van der Waals surface area contributed by atoms with Crippen LogP contribution in [0.5, 0.6) is 0 Å². The topological polar surface area (TPSA) is 49.8 Å². The molecular weight excluding hydrogens is 158 g/mol. The first kappa shape index (κ1) is 7.61. The molecule has 0 unspecified atom stereocenters. The van der Waals surface area contributed by atoms with E-state index in [1.807, 2.05) is 6.08 Å². The molecule has 0 spiro atoms. The molecule has 66 valence electrons. The minimum atomic E-state index is -0.570. The van der Waals surface area contributed by atoms with Crippen LogP contribution in [0, 0.1) is 0 Å². The lowest BCUT2D eigenvalue weighted by Crippen LogP contribution is -2.40. The van der Waals surface area contributed by atoms with Gasteiger partial charge in [-0.2, -0.15) is 0 Å². The second-order valence-electron chi connectivity index (χ2n) is 3.05. The molecule has 1 N–H and O–H groups in total. The summed E-state index contributed by atoms with van der Waals surface area (Å²) in [6.07, 6.45) is 3.55. The van der Waals surface area contributed by atoms with Crippen molar-refractivity contribution >= 4 is 6.09 Å². The van der Waals surface area contributed by atoms with Crippen LogP contribution < -0.4 is 0 Å². The Bertz CT molecular complexity index is 226. The third-order valence-corrected chi connectivity index (χ3v) is 2.28. The SMILES string of the molecule is O=C1OC[C@H]2[C@@H](O)C=CCCN12. The highest BCUT2D eigenvalue weighted by Crippen LogP contribution is 2.19. The van der Waals surface area contributed by atoms with Gasteiger partial charge in [-0.15, -0.1) is 0 Å². The van der Waals surface area contributed by atoms with E-state index >= 15 is 0 Å². The molecular formula is C8H11NO3. The van der Waals surface area contributed by atoms with Crippen LogP contribution in [-0.4, -0.2) is 41.4 Å². The third-order valence-electron chi connectivity index (χ3n) is 2.28. The van der Waals surface area contributed by atoms with Gasteiger partial charge in [0.05, 0.1) is 12.1 Å². The number of aliphatic hydroxyl groups is 1. The summed E-state index contributed by atoms with van der Waals surface area (Å²) in [4.78, 5) is 12.7. The van der Waals surface area contributed by atoms with Gasteiger partial charge in [-0.05, 0) is 6.42 Å². The normalized spacial score (nSPS) is 34.4. The standard InChI is InChI=1S/C8H11NO3/c10-7-3-1-2-4-9-6(7)5-12-8(9)11/h1,3,6-7,10H,2,4-5H2/t6-,7-/m0/s1. The smallest absolute Gasteiger partial charge is 0.410 e. The predicted molar refractivity (Wildman–Crippen MR) is 41.6 cm³/mol. The quantitative estimate of drug-likeness (QED) is 0.524. The number of hydrogen-bond acceptors (Lipinski definition) is 3. The maximum absolute atomic E-state index is 11.1. The fourth-order valence-electron chi connectivity index (χ4n) is 1.58. The number of fused-ring (bicyclic) bond motifs is 1. The molecule has 0 bridgehead atoms. The Morgan fingerprint density at radius 1 is 1.67 bits per heavy atom. The third kappa shape index (κ3) is 1.08. The van der Waals surface area contributed by atoms with Crippen molar-refractivity contribution in [2.45, 2.75) is 18.6 Å². The van der Waals surface area contributed by atoms with Crippen LogP contribution in [-0.2, 0) is 4.74 Å². The van der Waals surface area contributed by atoms with Crippen LogP contribution in [0.1, 0.15) is 6.42 Å². The van der Waals surface area contributed by atoms with Gasteiger partial charge in [0.25, 0.3) is 0 Å². The van der Waals surface area contributed by atoms with Crippen molar-refractivity contribution in [3.63, 3.8) is 0 Å². The zero-order valence-electron chi connectivity index (χ0n) is 6.64. The second-order valence-corrected chi connectivity index (χ2v) is 3.05. The molecule has 2 aliphatic rings. The maximum Gasteiger partial charge on any atom is 0.410 e. The van der Waals surface area contributed by atoms with Gasteiger partial charge in [0.15, 0.2) is 0 Å². The number of cyclic esters (lactones) is 1. The molecule has 2 aliphatic heterocycles. The van der Waals surface area contributed by atoms with Gasteiger partial charge in [0.1, 0.15) is 6.61 Å². The van der Waals surface area contributed by atoms with Crippen molar-refractivity contribution in [2.75, 3.05) is 13.2 Å². The summed E-state index contributed by atoms with van der Waals surface area (Å²) in [6.45, 7) is 0.960. The van der Waals surface area contributed by atoms with Crippen molar-refractivity contribution in [3.05, 3.63) is 12.2 Å². The van der Waals surface area contributed by atoms with E-state index in [1.165, 1.54) is 0 Å². The van der Waals surface area contributed by atoms with Crippen molar-refractivity contribution in [1.82, 2.24) is 4.90 Å². The molecule has 2 atom stereocenters. The van der Waals surface area contributed by atoms with Crippen LogP contribution in [0.4, 0.5) is 4.79 Å². The van der Waals surface area contributed by atoms with Gasteiger partial charge >= 0.3 is 6.09 Å². The number of ether oxygens (including phenoxy) is 1. The Hall–Kier alpha value is -1.03. The molecule has 1 fully saturated rings. The van der Waals surface area contributed by atoms with E-state index in [0.717, 1.165) is 6.42 Å². The Balaban J connectivity index is 2.18. The summed E-state index contributed by atoms with van der Waals surface area (Å²) < 4.78 is 4.82. The number of hydrogen-bond donors (Lipinski definition) is 1. The van der Waals surface area contributed by atoms with E-state index in [0.29, 0.717) is 13.2 Å². The zero-order chi connectivity index (χ0) is 8.55. The van der Waals surface area contributed by atoms with Crippen LogP contribution in [0.15, 0.2) is 12.2 Å². The van der Waals surface area contributed by atoms with Crippen molar-refractivity contribution in [1.29, 1.82) is 0 Å². The summed E-state index contributed by atoms with van der Waals surface area (Å²) >= 11 is 0. The van der Waals surface area contributed by atoms with Crippen molar-refractivity contribution < 1.29 is 14.6 Å². The Morgan fingerprint density at radius 2 is 2.50 bits per heavy atom. The zero-order valence-corrected chi connectivity index (χ0v) is 6.64. The molecule has 0 aliphatic carbocycles. The van der Waals surface area contributed by atoms with E-state index < -0.39 is 6.10 Å². The van der Waals surface area contributed by atoms with Gasteiger partial charge in [-0.25, -0.2) is 4.79 Å². The van der Waals surface area contributed by atoms with Gasteiger partial charge in [0, 0.05) is 6.54 Å². The minimum absolute atomic E-state index is 0.170. The number of aliphatic hydroxyl groups excluding tert-OH is 1. The van der Waals surface area contributed by atoms with E-state index in [-0.39, 0.29) is 12.1 Å². The van der Waals surface area contributed by atoms with Gasteiger partial charge < -0.3 is 9.84 Å². The molecule has 0 aromatic rings. The molecule has 4 nitrogen and oxygen atoms in total. The van der Waals surface area contributed by atoms with Gasteiger partial charge in [0.2, 0.25) is 0 Å². The lowest BCUT2D eigenvalue weighted by molar-refractivity contribution is 0.126. The largest absolute Gasteiger partial charge is 0.447 e. The van der Waals surface area contributed by atoms with Gasteiger partial charge in [-0.3, -0.25) is 4.90 Å². The highest BCUT2D eigenvalue weighted by atomic mass is 16.6. The van der Waals surface area contributed by atoms with E-state index in [9.17, 15) is 9.90 Å². The minimum Gasteiger partial charge on any atom is -0.447 e. The Kier molecular flexibility index (Phi) is 1.77. The first-order valence-electron chi connectivity index (χ1n) is 4.07. The molecule has 12 heavy (non-hydrogen) atoms. The fraction of sp³-hybridized carbons (Fsp3) is 0.625. The lowest BCUT2D eigenvalue weighted by atomic mass is 10.1. The molecule has 0 aromatic heterocycles. The molecule has 4 heteroatoms. The monoisotopic (exact) mass is 169 g/mol. The van der Waals surface area contributed by atoms with E-state index in [4.69, 9.17) is 4.74 Å². The Labute approximate surface area is 70.4 Å². The summed E-state index contributed by atoms with van der Waals surface area (Å²) in [5, 5.41) is 9.52. The summed E-state index contributed by atoms with van der Waals surface area (Å²) in [7, 11) is 0. The lowest BCUT2D eigenvalue weighted by Gasteiger charge is -2.20. The van der Waals surface area contributed by atoms with Crippen molar-refractivity contribution in [3.8, 4) is 0 Å². The average Bonchev–Trinajstić information content (AvgIpc) is 2.30. The van der Waals surface area contributed by atoms with Crippen LogP contribution >= 0.6 is 0 Å². The van der Waals surface area contributed by atoms with E-state index in [1.54, 1.807) is 11.0 Å². The van der Waals surface area contributed by atoms with E-state index in [2.05, 4.69) is 0 Å². The summed E-state index contributed by atoms with van der Waals surface area (Å²) in [5.41, 5.74) is 0.